The predicted octanol–water partition coefficient (Wildman–Crippen LogP) is 3.81. The highest BCUT2D eigenvalue weighted by Gasteiger charge is 2.33. The van der Waals surface area contributed by atoms with E-state index in [-0.39, 0.29) is 33.6 Å². The molecule has 0 spiro atoms. The molecule has 0 aliphatic carbocycles. The fourth-order valence-electron chi connectivity index (χ4n) is 2.59. The molecule has 2 amide bonds. The lowest BCUT2D eigenvalue weighted by Gasteiger charge is -2.11. The van der Waals surface area contributed by atoms with Crippen LogP contribution in [0.25, 0.3) is 0 Å². The second-order valence-electron chi connectivity index (χ2n) is 6.55. The van der Waals surface area contributed by atoms with Crippen molar-refractivity contribution in [3.63, 3.8) is 0 Å². The van der Waals surface area contributed by atoms with Crippen molar-refractivity contribution in [1.29, 1.82) is 0 Å². The van der Waals surface area contributed by atoms with Gasteiger partial charge in [-0.2, -0.15) is 13.2 Å². The van der Waals surface area contributed by atoms with Crippen molar-refractivity contribution in [3.05, 3.63) is 61.9 Å². The molecule has 0 saturated heterocycles. The van der Waals surface area contributed by atoms with Gasteiger partial charge in [0.2, 0.25) is 0 Å². The third-order valence-electron chi connectivity index (χ3n) is 4.15. The highest BCUT2D eigenvalue weighted by Crippen LogP contribution is 2.36. The van der Waals surface area contributed by atoms with Gasteiger partial charge in [-0.25, -0.2) is 15.0 Å². The summed E-state index contributed by atoms with van der Waals surface area (Å²) in [5, 5.41) is 7.73. The Hall–Kier alpha value is -3.00. The van der Waals surface area contributed by atoms with Gasteiger partial charge in [0.05, 0.1) is 23.3 Å². The van der Waals surface area contributed by atoms with Crippen LogP contribution in [0.15, 0.2) is 30.7 Å². The number of carbonyl (C=O) groups excluding carboxylic acids is 2. The van der Waals surface area contributed by atoms with Crippen molar-refractivity contribution in [2.45, 2.75) is 12.7 Å². The third-order valence-corrected chi connectivity index (χ3v) is 5.83. The van der Waals surface area contributed by atoms with Gasteiger partial charge in [0, 0.05) is 18.8 Å². The number of thiazole rings is 1. The molecular weight excluding hydrogens is 518 g/mol. The van der Waals surface area contributed by atoms with Crippen LogP contribution >= 0.6 is 34.5 Å². The Morgan fingerprint density at radius 1 is 1.12 bits per heavy atom. The molecule has 0 bridgehead atoms. The molecule has 3 rings (SSSR count). The Morgan fingerprint density at radius 3 is 2.59 bits per heavy atom. The number of alkyl halides is 3. The molecule has 0 atom stereocenters. The summed E-state index contributed by atoms with van der Waals surface area (Å²) < 4.78 is 39.0. The molecule has 0 radical (unpaired) electrons. The summed E-state index contributed by atoms with van der Waals surface area (Å²) in [6.45, 7) is 0.695. The van der Waals surface area contributed by atoms with Crippen LogP contribution in [-0.4, -0.2) is 39.9 Å². The van der Waals surface area contributed by atoms with Crippen LogP contribution in [0.1, 0.15) is 30.7 Å². The molecule has 0 unspecified atom stereocenters. The van der Waals surface area contributed by atoms with Crippen molar-refractivity contribution in [2.75, 3.05) is 23.7 Å². The third kappa shape index (κ3) is 6.32. The lowest BCUT2D eigenvalue weighted by Crippen LogP contribution is -2.25. The van der Waals surface area contributed by atoms with Gasteiger partial charge in [0.15, 0.2) is 5.69 Å². The molecule has 34 heavy (non-hydrogen) atoms. The Morgan fingerprint density at radius 2 is 1.88 bits per heavy atom. The first kappa shape index (κ1) is 25.6. The summed E-state index contributed by atoms with van der Waals surface area (Å²) in [6, 6.07) is 3.03. The number of hydrogen-bond acceptors (Lipinski definition) is 8. The van der Waals surface area contributed by atoms with Gasteiger partial charge in [-0.1, -0.05) is 23.2 Å². The fraction of sp³-hybridized carbons (Fsp3) is 0.211. The van der Waals surface area contributed by atoms with Gasteiger partial charge in [0.1, 0.15) is 27.1 Å². The number of benzene rings is 1. The monoisotopic (exact) mass is 533 g/mol. The van der Waals surface area contributed by atoms with E-state index < -0.39 is 28.6 Å². The predicted molar refractivity (Wildman–Crippen MR) is 122 cm³/mol. The Balaban J connectivity index is 1.63. The molecular formula is C19H16Cl2F3N7O2S. The first-order valence-electron chi connectivity index (χ1n) is 9.45. The highest BCUT2D eigenvalue weighted by atomic mass is 35.5. The lowest BCUT2D eigenvalue weighted by atomic mass is 10.2. The number of hydrogen-bond donors (Lipinski definition) is 4. The van der Waals surface area contributed by atoms with E-state index in [2.05, 4.69) is 30.9 Å². The highest BCUT2D eigenvalue weighted by molar-refractivity contribution is 7.13. The van der Waals surface area contributed by atoms with Gasteiger partial charge in [-0.15, -0.1) is 11.3 Å². The number of amides is 2. The maximum atomic E-state index is 13.0. The van der Waals surface area contributed by atoms with Crippen LogP contribution in [-0.2, 0) is 12.7 Å². The summed E-state index contributed by atoms with van der Waals surface area (Å²) in [4.78, 5) is 36.8. The second kappa shape index (κ2) is 11.0. The smallest absolute Gasteiger partial charge is 0.367 e. The SMILES string of the molecule is NCCNc1ncnc(C(=O)NCc2ncc(C(=O)Nc3ccc(Cl)c(C(F)(F)F)c3)s2)c1Cl. The van der Waals surface area contributed by atoms with E-state index in [4.69, 9.17) is 28.9 Å². The summed E-state index contributed by atoms with van der Waals surface area (Å²) in [7, 11) is 0. The van der Waals surface area contributed by atoms with Crippen LogP contribution in [0, 0.1) is 0 Å². The van der Waals surface area contributed by atoms with Crippen molar-refractivity contribution >= 4 is 57.9 Å². The lowest BCUT2D eigenvalue weighted by molar-refractivity contribution is -0.137. The van der Waals surface area contributed by atoms with Crippen molar-refractivity contribution in [3.8, 4) is 0 Å². The van der Waals surface area contributed by atoms with E-state index in [0.29, 0.717) is 18.1 Å². The molecule has 2 heterocycles. The minimum Gasteiger partial charge on any atom is -0.367 e. The molecule has 5 N–H and O–H groups in total. The summed E-state index contributed by atoms with van der Waals surface area (Å²) in [5.74, 6) is -0.999. The molecule has 0 fully saturated rings. The first-order chi connectivity index (χ1) is 16.1. The summed E-state index contributed by atoms with van der Waals surface area (Å²) in [6.07, 6.45) is -2.25. The number of nitrogens with one attached hydrogen (secondary N) is 3. The van der Waals surface area contributed by atoms with E-state index in [0.717, 1.165) is 23.5 Å². The fourth-order valence-corrected chi connectivity index (χ4v) is 3.82. The number of carbonyl (C=O) groups is 2. The van der Waals surface area contributed by atoms with Crippen LogP contribution in [0.5, 0.6) is 0 Å². The Bertz CT molecular complexity index is 1210. The summed E-state index contributed by atoms with van der Waals surface area (Å²) in [5.41, 5.74) is 4.21. The normalized spacial score (nSPS) is 11.2. The number of rotatable bonds is 8. The van der Waals surface area contributed by atoms with E-state index in [9.17, 15) is 22.8 Å². The van der Waals surface area contributed by atoms with Gasteiger partial charge in [-0.3, -0.25) is 9.59 Å². The number of aromatic nitrogens is 3. The van der Waals surface area contributed by atoms with E-state index in [1.165, 1.54) is 18.6 Å². The largest absolute Gasteiger partial charge is 0.417 e. The maximum absolute atomic E-state index is 13.0. The van der Waals surface area contributed by atoms with Crippen molar-refractivity contribution in [2.24, 2.45) is 5.73 Å². The molecule has 15 heteroatoms. The molecule has 9 nitrogen and oxygen atoms in total. The number of nitrogens with two attached hydrogens (primary N) is 1. The van der Waals surface area contributed by atoms with Crippen LogP contribution in [0.3, 0.4) is 0 Å². The molecule has 180 valence electrons. The quantitative estimate of drug-likeness (QED) is 0.345. The van der Waals surface area contributed by atoms with Crippen LogP contribution < -0.4 is 21.7 Å². The van der Waals surface area contributed by atoms with Crippen molar-refractivity contribution < 1.29 is 22.8 Å². The minimum atomic E-state index is -4.67. The molecule has 3 aromatic rings. The second-order valence-corrected chi connectivity index (χ2v) is 8.45. The van der Waals surface area contributed by atoms with E-state index in [1.54, 1.807) is 0 Å². The molecule has 0 aliphatic heterocycles. The molecule has 0 aliphatic rings. The number of halogens is 5. The minimum absolute atomic E-state index is 0.0221. The van der Waals surface area contributed by atoms with Gasteiger partial charge in [0.25, 0.3) is 11.8 Å². The number of anilines is 2. The first-order valence-corrected chi connectivity index (χ1v) is 11.0. The molecule has 1 aromatic carbocycles. The van der Waals surface area contributed by atoms with Crippen LogP contribution in [0.4, 0.5) is 24.7 Å². The summed E-state index contributed by atoms with van der Waals surface area (Å²) >= 11 is 12.7. The average Bonchev–Trinajstić information content (AvgIpc) is 3.26. The van der Waals surface area contributed by atoms with Crippen LogP contribution in [0.2, 0.25) is 10.0 Å². The topological polar surface area (TPSA) is 135 Å². The Labute approximate surface area is 204 Å². The molecule has 2 aromatic heterocycles. The standard InChI is InChI=1S/C19H16Cl2F3N7O2S/c20-11-2-1-9(5-10(11)19(22,23)24)31-17(32)12-6-27-13(34-12)7-28-18(33)15-14(21)16(26-4-3-25)30-8-29-15/h1-2,5-6,8H,3-4,7,25H2,(H,28,33)(H,31,32)(H,26,29,30). The zero-order valence-electron chi connectivity index (χ0n) is 17.0. The van der Waals surface area contributed by atoms with Gasteiger partial charge >= 0.3 is 6.18 Å². The van der Waals surface area contributed by atoms with E-state index >= 15 is 0 Å². The average molecular weight is 534 g/mol. The van der Waals surface area contributed by atoms with Crippen molar-refractivity contribution in [1.82, 2.24) is 20.3 Å². The van der Waals surface area contributed by atoms with Gasteiger partial charge in [-0.05, 0) is 18.2 Å². The number of nitrogens with zero attached hydrogens (tertiary/aromatic N) is 3. The zero-order valence-corrected chi connectivity index (χ0v) is 19.4. The zero-order chi connectivity index (χ0) is 24.9. The maximum Gasteiger partial charge on any atom is 0.417 e. The Kier molecular flexibility index (Phi) is 8.25. The van der Waals surface area contributed by atoms with E-state index in [1.807, 2.05) is 0 Å². The van der Waals surface area contributed by atoms with Gasteiger partial charge < -0.3 is 21.7 Å². The molecule has 0 saturated carbocycles.